The summed E-state index contributed by atoms with van der Waals surface area (Å²) in [6, 6.07) is 15.4. The molecule has 13 heteroatoms. The molecule has 2 aromatic rings. The van der Waals surface area contributed by atoms with E-state index in [9.17, 15) is 31.1 Å². The van der Waals surface area contributed by atoms with Gasteiger partial charge in [0.1, 0.15) is 5.71 Å². The number of hydrazone groups is 1. The SMILES string of the molecule is C/C(=N/Nc1cccc(C#N)c1)C(F)(F)F.N#Cc1cccc(NNC(=O)C(F)(F)F)c1. The predicted octanol–water partition coefficient (Wildman–Crippen LogP) is 4.47. The topological polar surface area (TPSA) is 113 Å². The zero-order chi connectivity index (χ0) is 24.4. The van der Waals surface area contributed by atoms with Crippen molar-refractivity contribution in [2.24, 2.45) is 5.10 Å². The van der Waals surface area contributed by atoms with Crippen LogP contribution in [0.25, 0.3) is 0 Å². The van der Waals surface area contributed by atoms with Crippen molar-refractivity contribution in [3.8, 4) is 12.1 Å². The molecule has 2 aromatic carbocycles. The Bertz CT molecular complexity index is 1050. The monoisotopic (exact) mass is 456 g/mol. The number of rotatable bonds is 4. The van der Waals surface area contributed by atoms with Gasteiger partial charge >= 0.3 is 18.3 Å². The molecule has 3 N–H and O–H groups in total. The maximum Gasteiger partial charge on any atom is 0.472 e. The first kappa shape index (κ1) is 25.8. The van der Waals surface area contributed by atoms with Gasteiger partial charge in [-0.15, -0.1) is 0 Å². The van der Waals surface area contributed by atoms with Crippen molar-refractivity contribution < 1.29 is 31.1 Å². The zero-order valence-electron chi connectivity index (χ0n) is 16.1. The Balaban J connectivity index is 0.000000320. The Kier molecular flexibility index (Phi) is 9.04. The van der Waals surface area contributed by atoms with Crippen molar-refractivity contribution in [1.82, 2.24) is 5.43 Å². The molecule has 0 bridgehead atoms. The van der Waals surface area contributed by atoms with Crippen LogP contribution in [0, 0.1) is 22.7 Å². The number of nitrogens with zero attached hydrogens (tertiary/aromatic N) is 3. The van der Waals surface area contributed by atoms with Gasteiger partial charge in [-0.3, -0.25) is 21.1 Å². The molecule has 0 aliphatic rings. The van der Waals surface area contributed by atoms with E-state index in [0.29, 0.717) is 11.3 Å². The molecule has 0 fully saturated rings. The second-order valence-corrected chi connectivity index (χ2v) is 5.77. The Morgan fingerprint density at radius 2 is 1.38 bits per heavy atom. The molecule has 0 radical (unpaired) electrons. The van der Waals surface area contributed by atoms with E-state index in [-0.39, 0.29) is 11.3 Å². The van der Waals surface area contributed by atoms with Crippen LogP contribution in [0.15, 0.2) is 53.6 Å². The van der Waals surface area contributed by atoms with Gasteiger partial charge in [0.2, 0.25) is 0 Å². The number of hydrogen-bond acceptors (Lipinski definition) is 6. The average Bonchev–Trinajstić information content (AvgIpc) is 2.75. The highest BCUT2D eigenvalue weighted by atomic mass is 19.4. The lowest BCUT2D eigenvalue weighted by molar-refractivity contribution is -0.173. The highest BCUT2D eigenvalue weighted by Gasteiger charge is 2.38. The third kappa shape index (κ3) is 9.04. The quantitative estimate of drug-likeness (QED) is 0.357. The van der Waals surface area contributed by atoms with E-state index in [1.54, 1.807) is 12.1 Å². The molecular formula is C19H14F6N6O. The number of halogens is 6. The smallest absolute Gasteiger partial charge is 0.298 e. The zero-order valence-corrected chi connectivity index (χ0v) is 16.1. The molecule has 2 rings (SSSR count). The fraction of sp³-hybridized carbons (Fsp3) is 0.158. The number of hydrazine groups is 1. The Morgan fingerprint density at radius 1 is 0.875 bits per heavy atom. The largest absolute Gasteiger partial charge is 0.472 e. The van der Waals surface area contributed by atoms with E-state index in [1.165, 1.54) is 41.8 Å². The molecule has 0 saturated heterocycles. The summed E-state index contributed by atoms with van der Waals surface area (Å²) in [6.07, 6.45) is -9.39. The van der Waals surface area contributed by atoms with Gasteiger partial charge in [0.25, 0.3) is 0 Å². The summed E-state index contributed by atoms with van der Waals surface area (Å²) < 4.78 is 71.6. The number of nitrogens with one attached hydrogen (secondary N) is 3. The van der Waals surface area contributed by atoms with Crippen LogP contribution in [0.3, 0.4) is 0 Å². The second-order valence-electron chi connectivity index (χ2n) is 5.77. The molecule has 0 spiro atoms. The summed E-state index contributed by atoms with van der Waals surface area (Å²) in [4.78, 5) is 10.4. The minimum atomic E-state index is -4.94. The second kappa shape index (κ2) is 11.2. The summed E-state index contributed by atoms with van der Waals surface area (Å²) in [5.74, 6) is -2.10. The molecule has 168 valence electrons. The minimum absolute atomic E-state index is 0.191. The van der Waals surface area contributed by atoms with Gasteiger partial charge in [-0.25, -0.2) is 0 Å². The lowest BCUT2D eigenvalue weighted by Crippen LogP contribution is -2.40. The molecule has 0 aromatic heterocycles. The van der Waals surface area contributed by atoms with Crippen LogP contribution in [0.2, 0.25) is 0 Å². The van der Waals surface area contributed by atoms with Crippen LogP contribution in [0.5, 0.6) is 0 Å². The number of anilines is 2. The first-order chi connectivity index (χ1) is 14.9. The van der Waals surface area contributed by atoms with Crippen LogP contribution in [0.4, 0.5) is 37.7 Å². The number of carbonyl (C=O) groups excluding carboxylic acids is 1. The average molecular weight is 456 g/mol. The summed E-state index contributed by atoms with van der Waals surface area (Å²) in [5, 5.41) is 20.3. The Labute approximate surface area is 177 Å². The van der Waals surface area contributed by atoms with Crippen LogP contribution in [-0.4, -0.2) is 24.0 Å². The van der Waals surface area contributed by atoms with E-state index < -0.39 is 24.0 Å². The molecule has 32 heavy (non-hydrogen) atoms. The summed E-state index contributed by atoms with van der Waals surface area (Å²) in [6.45, 7) is 0.862. The Hall–Kier alpha value is -4.26. The lowest BCUT2D eigenvalue weighted by Gasteiger charge is -2.10. The third-order valence-corrected chi connectivity index (χ3v) is 3.32. The molecular weight excluding hydrogens is 442 g/mol. The molecule has 0 aliphatic heterocycles. The van der Waals surface area contributed by atoms with E-state index in [4.69, 9.17) is 10.5 Å². The number of amides is 1. The molecule has 7 nitrogen and oxygen atoms in total. The molecule has 0 atom stereocenters. The number of carbonyl (C=O) groups is 1. The molecule has 0 aliphatic carbocycles. The van der Waals surface area contributed by atoms with Crippen molar-refractivity contribution >= 4 is 23.0 Å². The van der Waals surface area contributed by atoms with Crippen LogP contribution < -0.4 is 16.3 Å². The number of benzene rings is 2. The van der Waals surface area contributed by atoms with Crippen LogP contribution in [0.1, 0.15) is 18.1 Å². The number of hydrogen-bond donors (Lipinski definition) is 3. The fourth-order valence-corrected chi connectivity index (χ4v) is 1.74. The van der Waals surface area contributed by atoms with Crippen molar-refractivity contribution in [2.45, 2.75) is 19.3 Å². The summed E-state index contributed by atoms with van der Waals surface area (Å²) >= 11 is 0. The van der Waals surface area contributed by atoms with Gasteiger partial charge in [0.05, 0.1) is 34.6 Å². The minimum Gasteiger partial charge on any atom is -0.298 e. The molecule has 0 saturated carbocycles. The van der Waals surface area contributed by atoms with Gasteiger partial charge in [-0.2, -0.15) is 42.0 Å². The Morgan fingerprint density at radius 3 is 1.84 bits per heavy atom. The first-order valence-corrected chi connectivity index (χ1v) is 8.38. The van der Waals surface area contributed by atoms with Crippen molar-refractivity contribution in [1.29, 1.82) is 10.5 Å². The normalized spacial score (nSPS) is 11.2. The van der Waals surface area contributed by atoms with Crippen LogP contribution in [-0.2, 0) is 4.79 Å². The van der Waals surface area contributed by atoms with E-state index >= 15 is 0 Å². The fourth-order valence-electron chi connectivity index (χ4n) is 1.74. The predicted molar refractivity (Wildman–Crippen MR) is 103 cm³/mol. The molecule has 0 heterocycles. The van der Waals surface area contributed by atoms with Gasteiger partial charge < -0.3 is 0 Å². The van der Waals surface area contributed by atoms with Gasteiger partial charge in [-0.05, 0) is 43.3 Å². The number of alkyl halides is 6. The highest BCUT2D eigenvalue weighted by Crippen LogP contribution is 2.18. The van der Waals surface area contributed by atoms with Crippen molar-refractivity contribution in [3.63, 3.8) is 0 Å². The van der Waals surface area contributed by atoms with Crippen molar-refractivity contribution in [3.05, 3.63) is 59.7 Å². The molecule has 1 amide bonds. The van der Waals surface area contributed by atoms with Gasteiger partial charge in [-0.1, -0.05) is 12.1 Å². The van der Waals surface area contributed by atoms with Crippen molar-refractivity contribution in [2.75, 3.05) is 10.9 Å². The van der Waals surface area contributed by atoms with E-state index in [1.807, 2.05) is 12.1 Å². The maximum absolute atomic E-state index is 12.1. The summed E-state index contributed by atoms with van der Waals surface area (Å²) in [7, 11) is 0. The highest BCUT2D eigenvalue weighted by molar-refractivity contribution is 5.87. The van der Waals surface area contributed by atoms with E-state index in [0.717, 1.165) is 6.92 Å². The van der Waals surface area contributed by atoms with Gasteiger partial charge in [0, 0.05) is 0 Å². The molecule has 0 unspecified atom stereocenters. The summed E-state index contributed by atoms with van der Waals surface area (Å²) in [5.41, 5.74) is 5.94. The standard InChI is InChI=1S/C10H8F3N3.C9H6F3N3O/c1-7(10(11,12)13)15-16-9-4-2-3-8(5-9)6-14;10-9(11,12)8(16)15-14-7-3-1-2-6(4-7)5-13/h2-5,16H,1H3;1-4,14H,(H,15,16)/b15-7-;. The number of nitriles is 2. The maximum atomic E-state index is 12.1. The van der Waals surface area contributed by atoms with E-state index in [2.05, 4.69) is 16.0 Å². The van der Waals surface area contributed by atoms with Gasteiger partial charge in [0.15, 0.2) is 0 Å². The van der Waals surface area contributed by atoms with Crippen LogP contribution >= 0.6 is 0 Å². The third-order valence-electron chi connectivity index (χ3n) is 3.32. The first-order valence-electron chi connectivity index (χ1n) is 8.38. The lowest BCUT2D eigenvalue weighted by atomic mass is 10.2.